The molecular formula is C54H38N2S. The van der Waals surface area contributed by atoms with Crippen molar-refractivity contribution >= 4 is 39.6 Å². The predicted octanol–water partition coefficient (Wildman–Crippen LogP) is 15.1. The Bertz CT molecular complexity index is 2910. The van der Waals surface area contributed by atoms with E-state index in [2.05, 4.69) is 206 Å². The van der Waals surface area contributed by atoms with E-state index in [9.17, 15) is 0 Å². The summed E-state index contributed by atoms with van der Waals surface area (Å²) in [4.78, 5) is 9.61. The molecule has 0 saturated carbocycles. The Kier molecular flexibility index (Phi) is 7.80. The number of benzene rings is 8. The largest absolute Gasteiger partial charge is 0.310 e. The molecule has 2 aliphatic rings. The zero-order chi connectivity index (χ0) is 38.1. The van der Waals surface area contributed by atoms with Crippen molar-refractivity contribution in [3.8, 4) is 55.6 Å². The molecule has 0 bridgehead atoms. The minimum absolute atomic E-state index is 0.150. The molecular weight excluding hydrogens is 709 g/mol. The van der Waals surface area contributed by atoms with Gasteiger partial charge in [0.25, 0.3) is 0 Å². The fourth-order valence-electron chi connectivity index (χ4n) is 9.20. The molecule has 1 aromatic heterocycles. The Hall–Kier alpha value is -6.68. The zero-order valence-electron chi connectivity index (χ0n) is 31.8. The average Bonchev–Trinajstić information content (AvgIpc) is 3.49. The molecule has 0 radical (unpaired) electrons. The maximum absolute atomic E-state index is 4.66. The maximum atomic E-state index is 4.66. The molecule has 2 nitrogen and oxygen atoms in total. The molecule has 11 rings (SSSR count). The zero-order valence-corrected chi connectivity index (χ0v) is 32.6. The first-order valence-corrected chi connectivity index (χ1v) is 20.4. The number of rotatable bonds is 5. The predicted molar refractivity (Wildman–Crippen MR) is 240 cm³/mol. The summed E-state index contributed by atoms with van der Waals surface area (Å²) >= 11 is 1.82. The summed E-state index contributed by atoms with van der Waals surface area (Å²) in [6.45, 7) is 4.73. The summed E-state index contributed by atoms with van der Waals surface area (Å²) in [6.07, 6.45) is 3.95. The lowest BCUT2D eigenvalue weighted by Gasteiger charge is -2.31. The van der Waals surface area contributed by atoms with Gasteiger partial charge in [0.1, 0.15) is 0 Å². The lowest BCUT2D eigenvalue weighted by Crippen LogP contribution is -2.17. The number of anilines is 3. The lowest BCUT2D eigenvalue weighted by molar-refractivity contribution is 0.660. The highest BCUT2D eigenvalue weighted by Gasteiger charge is 2.36. The second kappa shape index (κ2) is 13.2. The van der Waals surface area contributed by atoms with Gasteiger partial charge in [-0.05, 0) is 115 Å². The van der Waals surface area contributed by atoms with E-state index in [4.69, 9.17) is 0 Å². The molecule has 0 atom stereocenters. The van der Waals surface area contributed by atoms with Crippen LogP contribution in [0, 0.1) is 0 Å². The average molecular weight is 747 g/mol. The molecule has 2 heterocycles. The minimum atomic E-state index is -0.150. The van der Waals surface area contributed by atoms with Gasteiger partial charge in [-0.2, -0.15) is 0 Å². The third-order valence-corrected chi connectivity index (χ3v) is 13.1. The van der Waals surface area contributed by atoms with Crippen LogP contribution in [0.4, 0.5) is 17.1 Å². The van der Waals surface area contributed by atoms with Crippen molar-refractivity contribution in [1.29, 1.82) is 0 Å². The Balaban J connectivity index is 1.23. The van der Waals surface area contributed by atoms with E-state index < -0.39 is 0 Å². The summed E-state index contributed by atoms with van der Waals surface area (Å²) in [7, 11) is 0. The maximum Gasteiger partial charge on any atom is 0.0540 e. The summed E-state index contributed by atoms with van der Waals surface area (Å²) < 4.78 is 0. The van der Waals surface area contributed by atoms with Crippen molar-refractivity contribution < 1.29 is 0 Å². The first kappa shape index (κ1) is 33.6. The molecule has 270 valence electrons. The first-order chi connectivity index (χ1) is 28.0. The Morgan fingerprint density at radius 1 is 0.439 bits per heavy atom. The van der Waals surface area contributed by atoms with Gasteiger partial charge >= 0.3 is 0 Å². The Morgan fingerprint density at radius 2 is 1.05 bits per heavy atom. The van der Waals surface area contributed by atoms with Crippen LogP contribution in [0.5, 0.6) is 0 Å². The number of hydrogen-bond acceptors (Lipinski definition) is 3. The van der Waals surface area contributed by atoms with E-state index in [1.54, 1.807) is 0 Å². The van der Waals surface area contributed by atoms with Gasteiger partial charge in [0, 0.05) is 49.9 Å². The standard InChI is InChI=1S/C54H38N2S/c1-54(2)48-22-11-9-18-41(48)42-25-24-39(33-49(42)54)56(40-31-37(35-14-5-3-6-15-35)30-38(32-40)36-16-7-4-8-17-36)50-27-26-45-47-34-55-29-28-52(47)57-51-23-12-10-19-43(51)44-20-13-21-46(50)53(44)45/h3-34H,1-2H3. The number of hydrogen-bond donors (Lipinski definition) is 0. The van der Waals surface area contributed by atoms with Crippen LogP contribution in [0.3, 0.4) is 0 Å². The summed E-state index contributed by atoms with van der Waals surface area (Å²) in [5.41, 5.74) is 18.1. The van der Waals surface area contributed by atoms with Crippen LogP contribution < -0.4 is 4.90 Å². The highest BCUT2D eigenvalue weighted by atomic mass is 32.2. The van der Waals surface area contributed by atoms with E-state index in [0.29, 0.717) is 0 Å². The monoisotopic (exact) mass is 746 g/mol. The molecule has 0 unspecified atom stereocenters. The van der Waals surface area contributed by atoms with E-state index in [0.717, 1.165) is 22.6 Å². The van der Waals surface area contributed by atoms with Crippen LogP contribution in [0.2, 0.25) is 0 Å². The molecule has 0 N–H and O–H groups in total. The van der Waals surface area contributed by atoms with Gasteiger partial charge in [0.05, 0.1) is 5.69 Å². The molecule has 3 heteroatoms. The topological polar surface area (TPSA) is 16.1 Å². The van der Waals surface area contributed by atoms with Gasteiger partial charge in [-0.3, -0.25) is 4.98 Å². The van der Waals surface area contributed by atoms with Crippen LogP contribution in [-0.4, -0.2) is 4.98 Å². The molecule has 8 aromatic carbocycles. The molecule has 57 heavy (non-hydrogen) atoms. The summed E-state index contributed by atoms with van der Waals surface area (Å²) in [5, 5.41) is 2.43. The van der Waals surface area contributed by atoms with Crippen LogP contribution in [-0.2, 0) is 5.41 Å². The number of nitrogens with zero attached hydrogens (tertiary/aromatic N) is 2. The molecule has 1 aliphatic heterocycles. The van der Waals surface area contributed by atoms with E-state index >= 15 is 0 Å². The van der Waals surface area contributed by atoms with Gasteiger partial charge in [-0.25, -0.2) is 0 Å². The third kappa shape index (κ3) is 5.45. The Labute approximate surface area is 338 Å². The Morgan fingerprint density at radius 3 is 1.82 bits per heavy atom. The SMILES string of the molecule is CC1(C)c2ccccc2-c2ccc(N(c3cc(-c4ccccc4)cc(-c4ccccc4)c3)c3ccc4c5c(cccc35)-c3ccccc3Sc3ccncc3-4)cc21. The van der Waals surface area contributed by atoms with Crippen LogP contribution in [0.25, 0.3) is 66.4 Å². The van der Waals surface area contributed by atoms with Crippen molar-refractivity contribution in [3.05, 3.63) is 206 Å². The number of fused-ring (bicyclic) bond motifs is 7. The fourth-order valence-corrected chi connectivity index (χ4v) is 10.3. The van der Waals surface area contributed by atoms with E-state index in [-0.39, 0.29) is 5.41 Å². The van der Waals surface area contributed by atoms with Crippen molar-refractivity contribution in [2.75, 3.05) is 4.90 Å². The van der Waals surface area contributed by atoms with Crippen LogP contribution in [0.15, 0.2) is 204 Å². The van der Waals surface area contributed by atoms with Gasteiger partial charge in [-0.1, -0.05) is 159 Å². The summed E-state index contributed by atoms with van der Waals surface area (Å²) in [6, 6.07) is 67.1. The molecule has 0 spiro atoms. The van der Waals surface area contributed by atoms with Gasteiger partial charge in [0.15, 0.2) is 0 Å². The second-order valence-corrected chi connectivity index (χ2v) is 16.7. The number of pyridine rings is 1. The van der Waals surface area contributed by atoms with Crippen LogP contribution in [0.1, 0.15) is 25.0 Å². The smallest absolute Gasteiger partial charge is 0.0540 e. The van der Waals surface area contributed by atoms with Crippen molar-refractivity contribution in [3.63, 3.8) is 0 Å². The van der Waals surface area contributed by atoms with Crippen LogP contribution >= 0.6 is 11.8 Å². The van der Waals surface area contributed by atoms with Crippen molar-refractivity contribution in [2.24, 2.45) is 0 Å². The lowest BCUT2D eigenvalue weighted by atomic mass is 9.82. The first-order valence-electron chi connectivity index (χ1n) is 19.6. The molecule has 0 fully saturated rings. The number of aromatic nitrogens is 1. The van der Waals surface area contributed by atoms with Gasteiger partial charge in [-0.15, -0.1) is 0 Å². The minimum Gasteiger partial charge on any atom is -0.310 e. The van der Waals surface area contributed by atoms with Crippen molar-refractivity contribution in [1.82, 2.24) is 4.98 Å². The van der Waals surface area contributed by atoms with Crippen molar-refractivity contribution in [2.45, 2.75) is 29.1 Å². The highest BCUT2D eigenvalue weighted by molar-refractivity contribution is 7.99. The van der Waals surface area contributed by atoms with Gasteiger partial charge < -0.3 is 4.90 Å². The normalized spacial score (nSPS) is 13.2. The molecule has 9 aromatic rings. The fraction of sp³-hybridized carbons (Fsp3) is 0.0556. The summed E-state index contributed by atoms with van der Waals surface area (Å²) in [5.74, 6) is 0. The van der Waals surface area contributed by atoms with E-state index in [1.807, 2.05) is 24.2 Å². The quantitative estimate of drug-likeness (QED) is 0.174. The highest BCUT2D eigenvalue weighted by Crippen LogP contribution is 2.54. The van der Waals surface area contributed by atoms with Gasteiger partial charge in [0.2, 0.25) is 0 Å². The molecule has 0 amide bonds. The van der Waals surface area contributed by atoms with E-state index in [1.165, 1.54) is 81.8 Å². The molecule has 0 saturated heterocycles. The second-order valence-electron chi connectivity index (χ2n) is 15.6. The third-order valence-electron chi connectivity index (χ3n) is 11.9. The molecule has 1 aliphatic carbocycles.